The van der Waals surface area contributed by atoms with Gasteiger partial charge in [0.05, 0.1) is 6.04 Å². The van der Waals surface area contributed by atoms with Crippen molar-refractivity contribution in [1.29, 1.82) is 0 Å². The van der Waals surface area contributed by atoms with Gasteiger partial charge in [0.25, 0.3) is 0 Å². The number of aromatic nitrogens is 1. The van der Waals surface area contributed by atoms with Crippen LogP contribution in [0.25, 0.3) is 0 Å². The molecule has 2 aliphatic heterocycles. The van der Waals surface area contributed by atoms with Crippen molar-refractivity contribution in [1.82, 2.24) is 10.3 Å². The summed E-state index contributed by atoms with van der Waals surface area (Å²) in [5.74, 6) is 2.58. The van der Waals surface area contributed by atoms with E-state index in [0.29, 0.717) is 17.8 Å². The fraction of sp³-hybridized carbons (Fsp3) is 0.538. The number of piperidine rings is 1. The van der Waals surface area contributed by atoms with E-state index >= 15 is 0 Å². The molecule has 3 aliphatic rings. The first kappa shape index (κ1) is 20.5. The first-order valence-corrected chi connectivity index (χ1v) is 11.9. The number of amides is 1. The molecule has 1 amide bonds. The highest BCUT2D eigenvalue weighted by molar-refractivity contribution is 5.94. The largest absolute Gasteiger partial charge is 0.363 e. The van der Waals surface area contributed by atoms with E-state index < -0.39 is 0 Å². The highest BCUT2D eigenvalue weighted by Gasteiger charge is 2.47. The number of carbonyl (C=O) groups is 1. The third-order valence-electron chi connectivity index (χ3n) is 7.46. The second-order valence-corrected chi connectivity index (χ2v) is 9.70. The summed E-state index contributed by atoms with van der Waals surface area (Å²) in [5.41, 5.74) is 4.76. The summed E-state index contributed by atoms with van der Waals surface area (Å²) in [6.07, 6.45) is 4.79. The van der Waals surface area contributed by atoms with Gasteiger partial charge in [0.15, 0.2) is 0 Å². The first-order chi connectivity index (χ1) is 15.0. The molecule has 1 saturated carbocycles. The number of fused-ring (bicyclic) bond motifs is 1. The molecular weight excluding hydrogens is 384 g/mol. The van der Waals surface area contributed by atoms with Gasteiger partial charge in [-0.05, 0) is 86.9 Å². The summed E-state index contributed by atoms with van der Waals surface area (Å²) < 4.78 is 0. The number of anilines is 2. The number of aryl methyl sites for hydroxylation is 1. The van der Waals surface area contributed by atoms with Crippen molar-refractivity contribution < 1.29 is 4.79 Å². The van der Waals surface area contributed by atoms with Crippen molar-refractivity contribution in [3.63, 3.8) is 0 Å². The lowest BCUT2D eigenvalue weighted by Crippen LogP contribution is -2.51. The Morgan fingerprint density at radius 1 is 1.13 bits per heavy atom. The van der Waals surface area contributed by atoms with Gasteiger partial charge in [-0.15, -0.1) is 0 Å². The highest BCUT2D eigenvalue weighted by Crippen LogP contribution is 2.50. The minimum atomic E-state index is 0.146. The van der Waals surface area contributed by atoms with Gasteiger partial charge < -0.3 is 15.5 Å². The molecule has 1 saturated heterocycles. The molecule has 3 atom stereocenters. The Kier molecular flexibility index (Phi) is 5.47. The van der Waals surface area contributed by atoms with Gasteiger partial charge in [-0.3, -0.25) is 4.79 Å². The third-order valence-corrected chi connectivity index (χ3v) is 7.46. The quantitative estimate of drug-likeness (QED) is 0.749. The van der Waals surface area contributed by atoms with E-state index in [0.717, 1.165) is 30.3 Å². The number of benzene rings is 1. The molecule has 5 rings (SSSR count). The van der Waals surface area contributed by atoms with Crippen LogP contribution in [0, 0.1) is 18.8 Å². The van der Waals surface area contributed by atoms with Crippen LogP contribution in [-0.2, 0) is 4.79 Å². The predicted molar refractivity (Wildman–Crippen MR) is 125 cm³/mol. The summed E-state index contributed by atoms with van der Waals surface area (Å²) in [6, 6.07) is 13.4. The molecule has 1 aliphatic carbocycles. The maximum atomic E-state index is 12.8. The molecule has 0 spiro atoms. The summed E-state index contributed by atoms with van der Waals surface area (Å²) in [7, 11) is 0. The molecule has 5 nitrogen and oxygen atoms in total. The maximum Gasteiger partial charge on any atom is 0.224 e. The van der Waals surface area contributed by atoms with Gasteiger partial charge >= 0.3 is 0 Å². The van der Waals surface area contributed by atoms with Crippen LogP contribution in [0.3, 0.4) is 0 Å². The van der Waals surface area contributed by atoms with Crippen LogP contribution >= 0.6 is 0 Å². The summed E-state index contributed by atoms with van der Waals surface area (Å²) in [5, 5.41) is 7.24. The van der Waals surface area contributed by atoms with Crippen molar-refractivity contribution in [2.75, 3.05) is 23.3 Å². The number of pyridine rings is 1. The lowest BCUT2D eigenvalue weighted by atomic mass is 9.78. The monoisotopic (exact) mass is 418 g/mol. The molecule has 1 aromatic carbocycles. The van der Waals surface area contributed by atoms with Crippen molar-refractivity contribution in [2.24, 2.45) is 11.8 Å². The average Bonchev–Trinajstić information content (AvgIpc) is 3.60. The number of nitrogens with zero attached hydrogens (tertiary/aromatic N) is 2. The lowest BCUT2D eigenvalue weighted by molar-refractivity contribution is -0.117. The number of carbonyl (C=O) groups excluding carboxylic acids is 1. The fourth-order valence-corrected chi connectivity index (χ4v) is 5.78. The van der Waals surface area contributed by atoms with Crippen molar-refractivity contribution in [2.45, 2.75) is 64.5 Å². The Labute approximate surface area is 185 Å². The van der Waals surface area contributed by atoms with E-state index in [4.69, 9.17) is 4.98 Å². The van der Waals surface area contributed by atoms with E-state index in [1.54, 1.807) is 6.92 Å². The van der Waals surface area contributed by atoms with Gasteiger partial charge in [-0.25, -0.2) is 4.98 Å². The van der Waals surface area contributed by atoms with Gasteiger partial charge in [0.1, 0.15) is 5.82 Å². The van der Waals surface area contributed by atoms with Crippen LogP contribution in [0.15, 0.2) is 36.4 Å². The zero-order chi connectivity index (χ0) is 21.5. The molecule has 2 aromatic rings. The predicted octanol–water partition coefficient (Wildman–Crippen LogP) is 4.79. The standard InChI is InChI=1S/C26H34N4O/c1-16-5-4-6-24(28-16)29-25-17(2)26(20-7-8-20)30(18(3)31)23-10-9-21(15-22(23)25)19-11-13-27-14-12-19/h4-6,9-10,15,17,19-20,25-27H,7-8,11-14H2,1-3H3,(H,28,29)/t17-,25?,26-/m1/s1. The normalized spacial score (nSPS) is 26.4. The second-order valence-electron chi connectivity index (χ2n) is 9.70. The maximum absolute atomic E-state index is 12.8. The Hall–Kier alpha value is -2.40. The number of hydrogen-bond donors (Lipinski definition) is 2. The van der Waals surface area contributed by atoms with E-state index in [9.17, 15) is 4.79 Å². The molecule has 164 valence electrons. The fourth-order valence-electron chi connectivity index (χ4n) is 5.78. The SMILES string of the molecule is CC(=O)N1c2ccc(C3CCNCC3)cc2C(Nc2cccc(C)n2)[C@@H](C)[C@@H]1C1CC1. The summed E-state index contributed by atoms with van der Waals surface area (Å²) >= 11 is 0. The second kappa shape index (κ2) is 8.27. The van der Waals surface area contributed by atoms with Crippen LogP contribution < -0.4 is 15.5 Å². The van der Waals surface area contributed by atoms with Crippen LogP contribution in [0.2, 0.25) is 0 Å². The highest BCUT2D eigenvalue weighted by atomic mass is 16.2. The molecule has 31 heavy (non-hydrogen) atoms. The number of hydrogen-bond acceptors (Lipinski definition) is 4. The minimum absolute atomic E-state index is 0.146. The Bertz CT molecular complexity index is 964. The Balaban J connectivity index is 1.58. The van der Waals surface area contributed by atoms with E-state index in [-0.39, 0.29) is 18.0 Å². The summed E-state index contributed by atoms with van der Waals surface area (Å²) in [4.78, 5) is 19.7. The first-order valence-electron chi connectivity index (χ1n) is 11.9. The molecule has 3 heterocycles. The minimum Gasteiger partial charge on any atom is -0.363 e. The van der Waals surface area contributed by atoms with Gasteiger partial charge in [-0.2, -0.15) is 0 Å². The zero-order valence-corrected chi connectivity index (χ0v) is 18.9. The summed E-state index contributed by atoms with van der Waals surface area (Å²) in [6.45, 7) is 8.23. The number of rotatable bonds is 4. The molecule has 2 N–H and O–H groups in total. The van der Waals surface area contributed by atoms with Crippen molar-refractivity contribution in [3.8, 4) is 0 Å². The number of nitrogens with one attached hydrogen (secondary N) is 2. The topological polar surface area (TPSA) is 57.3 Å². The lowest BCUT2D eigenvalue weighted by Gasteiger charge is -2.46. The van der Waals surface area contributed by atoms with Crippen LogP contribution in [-0.4, -0.2) is 30.0 Å². The van der Waals surface area contributed by atoms with Gasteiger partial charge in [-0.1, -0.05) is 25.1 Å². The van der Waals surface area contributed by atoms with Crippen LogP contribution in [0.5, 0.6) is 0 Å². The average molecular weight is 419 g/mol. The van der Waals surface area contributed by atoms with E-state index in [2.05, 4.69) is 52.8 Å². The molecule has 2 fully saturated rings. The van der Waals surface area contributed by atoms with Crippen molar-refractivity contribution >= 4 is 17.4 Å². The van der Waals surface area contributed by atoms with Gasteiger partial charge in [0.2, 0.25) is 5.91 Å². The van der Waals surface area contributed by atoms with Crippen molar-refractivity contribution in [3.05, 3.63) is 53.2 Å². The van der Waals surface area contributed by atoms with Crippen LogP contribution in [0.1, 0.15) is 68.3 Å². The molecule has 1 aromatic heterocycles. The van der Waals surface area contributed by atoms with E-state index in [1.165, 1.54) is 36.8 Å². The molecule has 5 heteroatoms. The smallest absolute Gasteiger partial charge is 0.224 e. The molecule has 0 radical (unpaired) electrons. The van der Waals surface area contributed by atoms with E-state index in [1.807, 2.05) is 13.0 Å². The Morgan fingerprint density at radius 2 is 1.90 bits per heavy atom. The zero-order valence-electron chi connectivity index (χ0n) is 18.9. The molecule has 0 bridgehead atoms. The Morgan fingerprint density at radius 3 is 2.58 bits per heavy atom. The molecule has 1 unspecified atom stereocenters. The molecular formula is C26H34N4O. The third kappa shape index (κ3) is 3.96. The van der Waals surface area contributed by atoms with Crippen LogP contribution in [0.4, 0.5) is 11.5 Å². The van der Waals surface area contributed by atoms with Gasteiger partial charge in [0, 0.05) is 30.3 Å².